The van der Waals surface area contributed by atoms with Crippen molar-refractivity contribution in [1.29, 1.82) is 0 Å². The summed E-state index contributed by atoms with van der Waals surface area (Å²) < 4.78 is 0. The van der Waals surface area contributed by atoms with Gasteiger partial charge in [-0.2, -0.15) is 0 Å². The number of rotatable bonds is 5. The van der Waals surface area contributed by atoms with Gasteiger partial charge in [0.2, 0.25) is 0 Å². The number of nitrogens with zero attached hydrogens (tertiary/aromatic N) is 4. The number of aromatic nitrogens is 2. The van der Waals surface area contributed by atoms with E-state index in [9.17, 15) is 10.2 Å². The van der Waals surface area contributed by atoms with Crippen LogP contribution in [0.3, 0.4) is 0 Å². The summed E-state index contributed by atoms with van der Waals surface area (Å²) in [4.78, 5) is 14.2. The van der Waals surface area contributed by atoms with Crippen molar-refractivity contribution in [3.8, 4) is 17.1 Å². The lowest BCUT2D eigenvalue weighted by atomic mass is 10.1. The first-order valence-corrected chi connectivity index (χ1v) is 9.82. The number of hydrogen-bond acceptors (Lipinski definition) is 6. The van der Waals surface area contributed by atoms with Gasteiger partial charge in [0.15, 0.2) is 5.82 Å². The minimum Gasteiger partial charge on any atom is -0.507 e. The van der Waals surface area contributed by atoms with Gasteiger partial charge in [-0.05, 0) is 37.6 Å². The molecule has 28 heavy (non-hydrogen) atoms. The van der Waals surface area contributed by atoms with Crippen LogP contribution < -0.4 is 4.90 Å². The van der Waals surface area contributed by atoms with Crippen molar-refractivity contribution in [2.45, 2.75) is 19.4 Å². The van der Waals surface area contributed by atoms with Crippen LogP contribution in [0.1, 0.15) is 13.3 Å². The fourth-order valence-electron chi connectivity index (χ4n) is 3.64. The predicted octanol–water partition coefficient (Wildman–Crippen LogP) is 2.90. The zero-order valence-corrected chi connectivity index (χ0v) is 16.1. The molecule has 1 aliphatic heterocycles. The average Bonchev–Trinajstić information content (AvgIpc) is 2.72. The molecule has 1 atom stereocenters. The number of benzene rings is 2. The minimum absolute atomic E-state index is 0.187. The first-order chi connectivity index (χ1) is 13.6. The van der Waals surface area contributed by atoms with Crippen LogP contribution in [0, 0.1) is 0 Å². The molecule has 2 heterocycles. The van der Waals surface area contributed by atoms with Crippen molar-refractivity contribution in [2.75, 3.05) is 37.6 Å². The van der Waals surface area contributed by atoms with Crippen molar-refractivity contribution >= 4 is 16.7 Å². The van der Waals surface area contributed by atoms with E-state index >= 15 is 0 Å². The Kier molecular flexibility index (Phi) is 5.41. The van der Waals surface area contributed by atoms with Gasteiger partial charge < -0.3 is 15.1 Å². The van der Waals surface area contributed by atoms with E-state index in [2.05, 4.69) is 20.9 Å². The van der Waals surface area contributed by atoms with Gasteiger partial charge in [-0.15, -0.1) is 0 Å². The number of aliphatic hydroxyl groups excluding tert-OH is 1. The van der Waals surface area contributed by atoms with E-state index in [-0.39, 0.29) is 11.9 Å². The third-order valence-corrected chi connectivity index (χ3v) is 5.26. The summed E-state index contributed by atoms with van der Waals surface area (Å²) in [6, 6.07) is 15.2. The first-order valence-electron chi connectivity index (χ1n) is 9.82. The highest BCUT2D eigenvalue weighted by atomic mass is 16.3. The summed E-state index contributed by atoms with van der Waals surface area (Å²) in [5.41, 5.74) is 1.52. The maximum Gasteiger partial charge on any atom is 0.165 e. The SMILES string of the molecule is C[C@H](O)CCN1CCN(c2nc(-c3ccccc3O)nc3ccccc23)CC1. The van der Waals surface area contributed by atoms with Crippen LogP contribution >= 0.6 is 0 Å². The molecule has 6 heteroatoms. The Morgan fingerprint density at radius 2 is 1.68 bits per heavy atom. The molecular weight excluding hydrogens is 352 g/mol. The van der Waals surface area contributed by atoms with Crippen LogP contribution in [0.4, 0.5) is 5.82 Å². The van der Waals surface area contributed by atoms with E-state index < -0.39 is 0 Å². The molecule has 1 saturated heterocycles. The Morgan fingerprint density at radius 1 is 0.964 bits per heavy atom. The van der Waals surface area contributed by atoms with Crippen LogP contribution in [0.5, 0.6) is 5.75 Å². The molecule has 0 saturated carbocycles. The molecule has 1 aromatic heterocycles. The second kappa shape index (κ2) is 8.12. The number of phenolic OH excluding ortho intramolecular Hbond substituents is 1. The lowest BCUT2D eigenvalue weighted by Gasteiger charge is -2.36. The number of para-hydroxylation sites is 2. The zero-order valence-electron chi connectivity index (χ0n) is 16.1. The van der Waals surface area contributed by atoms with Gasteiger partial charge in [-0.25, -0.2) is 9.97 Å². The molecule has 4 rings (SSSR count). The van der Waals surface area contributed by atoms with Crippen LogP contribution in [0.25, 0.3) is 22.3 Å². The summed E-state index contributed by atoms with van der Waals surface area (Å²) in [5.74, 6) is 1.65. The highest BCUT2D eigenvalue weighted by Crippen LogP contribution is 2.31. The van der Waals surface area contributed by atoms with E-state index in [1.165, 1.54) is 0 Å². The fourth-order valence-corrected chi connectivity index (χ4v) is 3.64. The number of hydrogen-bond donors (Lipinski definition) is 2. The molecule has 1 aliphatic rings. The van der Waals surface area contributed by atoms with Gasteiger partial charge in [-0.1, -0.05) is 24.3 Å². The lowest BCUT2D eigenvalue weighted by Crippen LogP contribution is -2.47. The van der Waals surface area contributed by atoms with Crippen molar-refractivity contribution in [3.63, 3.8) is 0 Å². The normalized spacial score (nSPS) is 16.4. The third kappa shape index (κ3) is 3.93. The number of aliphatic hydroxyl groups is 1. The fraction of sp³-hybridized carbons (Fsp3) is 0.364. The van der Waals surface area contributed by atoms with Crippen molar-refractivity contribution in [1.82, 2.24) is 14.9 Å². The Bertz CT molecular complexity index is 952. The summed E-state index contributed by atoms with van der Waals surface area (Å²) in [6.45, 7) is 6.39. The second-order valence-corrected chi connectivity index (χ2v) is 7.37. The number of anilines is 1. The highest BCUT2D eigenvalue weighted by Gasteiger charge is 2.21. The van der Waals surface area contributed by atoms with Gasteiger partial charge in [0, 0.05) is 38.1 Å². The van der Waals surface area contributed by atoms with Gasteiger partial charge >= 0.3 is 0 Å². The third-order valence-electron chi connectivity index (χ3n) is 5.26. The molecule has 6 nitrogen and oxygen atoms in total. The maximum absolute atomic E-state index is 10.3. The quantitative estimate of drug-likeness (QED) is 0.711. The molecule has 0 aliphatic carbocycles. The summed E-state index contributed by atoms with van der Waals surface area (Å²) >= 11 is 0. The summed E-state index contributed by atoms with van der Waals surface area (Å²) in [5, 5.41) is 20.8. The van der Waals surface area contributed by atoms with Crippen LogP contribution in [0.15, 0.2) is 48.5 Å². The minimum atomic E-state index is -0.259. The lowest BCUT2D eigenvalue weighted by molar-refractivity contribution is 0.153. The molecule has 1 fully saturated rings. The van der Waals surface area contributed by atoms with Crippen molar-refractivity contribution < 1.29 is 10.2 Å². The van der Waals surface area contributed by atoms with E-state index in [0.717, 1.165) is 55.9 Å². The summed E-state index contributed by atoms with van der Waals surface area (Å²) in [7, 11) is 0. The van der Waals surface area contributed by atoms with Crippen molar-refractivity contribution in [2.24, 2.45) is 0 Å². The molecule has 0 unspecified atom stereocenters. The van der Waals surface area contributed by atoms with Gasteiger partial charge in [0.1, 0.15) is 11.6 Å². The Balaban J connectivity index is 1.64. The highest BCUT2D eigenvalue weighted by molar-refractivity contribution is 5.91. The molecule has 2 aromatic carbocycles. The van der Waals surface area contributed by atoms with Gasteiger partial charge in [0.25, 0.3) is 0 Å². The number of fused-ring (bicyclic) bond motifs is 1. The number of aromatic hydroxyl groups is 1. The molecule has 0 spiro atoms. The van der Waals surface area contributed by atoms with E-state index in [0.29, 0.717) is 11.4 Å². The predicted molar refractivity (Wildman–Crippen MR) is 112 cm³/mol. The van der Waals surface area contributed by atoms with Crippen LogP contribution in [-0.4, -0.2) is 63.9 Å². The second-order valence-electron chi connectivity index (χ2n) is 7.37. The standard InChI is InChI=1S/C22H26N4O2/c1-16(27)10-11-25-12-14-26(15-13-25)22-17-6-2-4-8-19(17)23-21(24-22)18-7-3-5-9-20(18)28/h2-9,16,27-28H,10-15H2,1H3/t16-/m0/s1. The number of phenols is 1. The Hall–Kier alpha value is -2.70. The Labute approximate surface area is 165 Å². The molecule has 0 radical (unpaired) electrons. The molecule has 0 amide bonds. The van der Waals surface area contributed by atoms with Crippen molar-refractivity contribution in [3.05, 3.63) is 48.5 Å². The van der Waals surface area contributed by atoms with Gasteiger partial charge in [0.05, 0.1) is 17.2 Å². The smallest absolute Gasteiger partial charge is 0.165 e. The van der Waals surface area contributed by atoms with E-state index in [1.807, 2.05) is 37.3 Å². The van der Waals surface area contributed by atoms with E-state index in [1.54, 1.807) is 12.1 Å². The molecule has 0 bridgehead atoms. The first kappa shape index (κ1) is 18.7. The Morgan fingerprint density at radius 3 is 2.43 bits per heavy atom. The molecule has 3 aromatic rings. The maximum atomic E-state index is 10.3. The van der Waals surface area contributed by atoms with Gasteiger partial charge in [-0.3, -0.25) is 4.90 Å². The monoisotopic (exact) mass is 378 g/mol. The topological polar surface area (TPSA) is 72.7 Å². The molecular formula is C22H26N4O2. The largest absolute Gasteiger partial charge is 0.507 e. The molecule has 2 N–H and O–H groups in total. The summed E-state index contributed by atoms with van der Waals surface area (Å²) in [6.07, 6.45) is 0.540. The van der Waals surface area contributed by atoms with Crippen LogP contribution in [-0.2, 0) is 0 Å². The van der Waals surface area contributed by atoms with Crippen LogP contribution in [0.2, 0.25) is 0 Å². The number of piperazine rings is 1. The average molecular weight is 378 g/mol. The zero-order chi connectivity index (χ0) is 19.5. The molecule has 146 valence electrons. The van der Waals surface area contributed by atoms with E-state index in [4.69, 9.17) is 4.98 Å².